The number of carbonyl (C=O) groups excluding carboxylic acids is 2. The molecule has 2 amide bonds. The summed E-state index contributed by atoms with van der Waals surface area (Å²) in [5.41, 5.74) is 1.21. The Hall–Kier alpha value is -2.87. The summed E-state index contributed by atoms with van der Waals surface area (Å²) < 4.78 is 38.9. The van der Waals surface area contributed by atoms with E-state index in [1.165, 1.54) is 31.4 Å². The highest BCUT2D eigenvalue weighted by atomic mass is 19.4. The Morgan fingerprint density at radius 3 is 2.38 bits per heavy atom. The highest BCUT2D eigenvalue weighted by Crippen LogP contribution is 2.30. The number of nitrogens with one attached hydrogen (secondary N) is 2. The van der Waals surface area contributed by atoms with E-state index in [1.807, 2.05) is 18.2 Å². The van der Waals surface area contributed by atoms with Crippen LogP contribution in [0.5, 0.6) is 0 Å². The quantitative estimate of drug-likeness (QED) is 0.468. The van der Waals surface area contributed by atoms with Gasteiger partial charge in [0.1, 0.15) is 0 Å². The lowest BCUT2D eigenvalue weighted by Crippen LogP contribution is -2.44. The summed E-state index contributed by atoms with van der Waals surface area (Å²) >= 11 is 0. The second-order valence-electron chi connectivity index (χ2n) is 10.4. The number of anilines is 1. The van der Waals surface area contributed by atoms with Crippen LogP contribution in [0, 0.1) is 5.92 Å². The molecule has 37 heavy (non-hydrogen) atoms. The summed E-state index contributed by atoms with van der Waals surface area (Å²) in [5.74, 6) is -0.106. The highest BCUT2D eigenvalue weighted by molar-refractivity contribution is 5.92. The van der Waals surface area contributed by atoms with Crippen molar-refractivity contribution in [2.45, 2.75) is 76.6 Å². The molecule has 1 saturated carbocycles. The smallest absolute Gasteiger partial charge is 0.353 e. The Bertz CT molecular complexity index is 1070. The van der Waals surface area contributed by atoms with E-state index in [1.54, 1.807) is 6.07 Å². The number of benzene rings is 2. The van der Waals surface area contributed by atoms with Crippen molar-refractivity contribution < 1.29 is 22.8 Å². The van der Waals surface area contributed by atoms with Gasteiger partial charge in [0.25, 0.3) is 0 Å². The molecule has 0 aromatic heterocycles. The molecular formula is C29H36F3N3O2. The molecule has 200 valence electrons. The first-order valence-corrected chi connectivity index (χ1v) is 13.3. The number of alkyl halides is 3. The molecule has 2 N–H and O–H groups in total. The number of nitrogens with zero attached hydrogens (tertiary/aromatic N) is 1. The van der Waals surface area contributed by atoms with Gasteiger partial charge >= 0.3 is 6.18 Å². The Morgan fingerprint density at radius 2 is 1.68 bits per heavy atom. The number of hydrogen-bond donors (Lipinski definition) is 2. The van der Waals surface area contributed by atoms with E-state index < -0.39 is 11.7 Å². The van der Waals surface area contributed by atoms with Crippen molar-refractivity contribution >= 4 is 17.5 Å². The topological polar surface area (TPSA) is 61.4 Å². The molecule has 1 heterocycles. The fourth-order valence-corrected chi connectivity index (χ4v) is 5.45. The monoisotopic (exact) mass is 515 g/mol. The van der Waals surface area contributed by atoms with Gasteiger partial charge in [-0.1, -0.05) is 49.6 Å². The summed E-state index contributed by atoms with van der Waals surface area (Å²) in [7, 11) is 0. The number of halogens is 3. The molecule has 5 nitrogen and oxygen atoms in total. The Balaban J connectivity index is 1.29. The van der Waals surface area contributed by atoms with Crippen LogP contribution in [0.3, 0.4) is 0 Å². The highest BCUT2D eigenvalue weighted by Gasteiger charge is 2.31. The van der Waals surface area contributed by atoms with Gasteiger partial charge in [0.15, 0.2) is 0 Å². The summed E-state index contributed by atoms with van der Waals surface area (Å²) in [5, 5.41) is 6.08. The molecule has 1 unspecified atom stereocenters. The normalized spacial score (nSPS) is 18.8. The largest absolute Gasteiger partial charge is 0.416 e. The first kappa shape index (κ1) is 27.2. The lowest BCUT2D eigenvalue weighted by atomic mass is 9.91. The van der Waals surface area contributed by atoms with E-state index in [4.69, 9.17) is 0 Å². The number of likely N-dealkylation sites (tertiary alicyclic amines) is 1. The van der Waals surface area contributed by atoms with E-state index in [9.17, 15) is 22.8 Å². The van der Waals surface area contributed by atoms with Gasteiger partial charge in [0.05, 0.1) is 12.0 Å². The van der Waals surface area contributed by atoms with E-state index in [2.05, 4.69) is 22.5 Å². The first-order chi connectivity index (χ1) is 17.7. The lowest BCUT2D eigenvalue weighted by molar-refractivity contribution is -0.137. The number of piperidine rings is 1. The summed E-state index contributed by atoms with van der Waals surface area (Å²) in [6.07, 6.45) is 2.93. The van der Waals surface area contributed by atoms with E-state index in [-0.39, 0.29) is 30.2 Å². The molecule has 8 heteroatoms. The van der Waals surface area contributed by atoms with Crippen LogP contribution in [0.2, 0.25) is 0 Å². The van der Waals surface area contributed by atoms with Crippen LogP contribution >= 0.6 is 0 Å². The maximum Gasteiger partial charge on any atom is 0.416 e. The minimum atomic E-state index is -4.44. The van der Waals surface area contributed by atoms with Gasteiger partial charge < -0.3 is 10.6 Å². The maximum atomic E-state index is 13.0. The molecule has 2 aromatic rings. The molecule has 1 aliphatic heterocycles. The van der Waals surface area contributed by atoms with Crippen molar-refractivity contribution in [1.82, 2.24) is 10.2 Å². The molecule has 0 radical (unpaired) electrons. The van der Waals surface area contributed by atoms with Crippen LogP contribution in [-0.2, 0) is 22.2 Å². The van der Waals surface area contributed by atoms with Crippen LogP contribution in [0.15, 0.2) is 48.5 Å². The minimum Gasteiger partial charge on any atom is -0.353 e. The average molecular weight is 516 g/mol. The predicted octanol–water partition coefficient (Wildman–Crippen LogP) is 6.11. The number of rotatable bonds is 7. The van der Waals surface area contributed by atoms with Crippen molar-refractivity contribution in [1.29, 1.82) is 0 Å². The molecule has 2 aliphatic rings. The Kier molecular flexibility index (Phi) is 8.90. The third-order valence-corrected chi connectivity index (χ3v) is 7.67. The molecule has 1 atom stereocenters. The van der Waals surface area contributed by atoms with E-state index in [0.717, 1.165) is 56.5 Å². The molecule has 0 bridgehead atoms. The van der Waals surface area contributed by atoms with Crippen LogP contribution in [0.25, 0.3) is 0 Å². The number of amides is 2. The average Bonchev–Trinajstić information content (AvgIpc) is 2.88. The molecule has 4 rings (SSSR count). The lowest BCUT2D eigenvalue weighted by Gasteiger charge is -2.36. The maximum absolute atomic E-state index is 13.0. The van der Waals surface area contributed by atoms with Crippen molar-refractivity contribution in [3.8, 4) is 0 Å². The van der Waals surface area contributed by atoms with Gasteiger partial charge in [-0.15, -0.1) is 0 Å². The zero-order valence-electron chi connectivity index (χ0n) is 21.3. The SMILES string of the molecule is CC(c1cccc(NC(=O)Cc2cccc(C(F)(F)F)c2)c1)N1CCC(C(=O)NC2CCCCC2)CC1. The van der Waals surface area contributed by atoms with Crippen LogP contribution in [-0.4, -0.2) is 35.8 Å². The van der Waals surface area contributed by atoms with Crippen molar-refractivity contribution in [2.24, 2.45) is 5.92 Å². The van der Waals surface area contributed by atoms with Gasteiger partial charge in [-0.2, -0.15) is 13.2 Å². The number of hydrogen-bond acceptors (Lipinski definition) is 3. The van der Waals surface area contributed by atoms with Crippen LogP contribution in [0.4, 0.5) is 18.9 Å². The molecular weight excluding hydrogens is 479 g/mol. The molecule has 0 spiro atoms. The Morgan fingerprint density at radius 1 is 0.973 bits per heavy atom. The van der Waals surface area contributed by atoms with Gasteiger partial charge in [0.2, 0.25) is 11.8 Å². The van der Waals surface area contributed by atoms with E-state index >= 15 is 0 Å². The van der Waals surface area contributed by atoms with Crippen molar-refractivity contribution in [2.75, 3.05) is 18.4 Å². The fraction of sp³-hybridized carbons (Fsp3) is 0.517. The number of carbonyl (C=O) groups is 2. The second-order valence-corrected chi connectivity index (χ2v) is 10.4. The third kappa shape index (κ3) is 7.57. The van der Waals surface area contributed by atoms with Gasteiger partial charge in [-0.05, 0) is 75.0 Å². The minimum absolute atomic E-state index is 0.0619. The van der Waals surface area contributed by atoms with Gasteiger partial charge in [-0.25, -0.2) is 0 Å². The van der Waals surface area contributed by atoms with Crippen molar-refractivity contribution in [3.63, 3.8) is 0 Å². The van der Waals surface area contributed by atoms with Crippen LogP contribution < -0.4 is 10.6 Å². The third-order valence-electron chi connectivity index (χ3n) is 7.67. The first-order valence-electron chi connectivity index (χ1n) is 13.3. The zero-order valence-corrected chi connectivity index (χ0v) is 21.3. The predicted molar refractivity (Wildman–Crippen MR) is 138 cm³/mol. The van der Waals surface area contributed by atoms with E-state index in [0.29, 0.717) is 17.3 Å². The van der Waals surface area contributed by atoms with Crippen molar-refractivity contribution in [3.05, 3.63) is 65.2 Å². The summed E-state index contributed by atoms with van der Waals surface area (Å²) in [6.45, 7) is 3.78. The molecule has 2 aromatic carbocycles. The Labute approximate surface area is 216 Å². The standard InChI is InChI=1S/C29H36F3N3O2/c1-20(35-15-13-22(14-16-35)28(37)34-25-10-3-2-4-11-25)23-8-6-12-26(19-23)33-27(36)18-21-7-5-9-24(17-21)29(30,31)32/h5-9,12,17,19-20,22,25H,2-4,10-11,13-16,18H2,1H3,(H,33,36)(H,34,37). The van der Waals surface area contributed by atoms with Crippen LogP contribution in [0.1, 0.15) is 74.6 Å². The summed E-state index contributed by atoms with van der Waals surface area (Å²) in [6, 6.07) is 12.9. The molecule has 1 aliphatic carbocycles. The fourth-order valence-electron chi connectivity index (χ4n) is 5.45. The zero-order chi connectivity index (χ0) is 26.4. The second kappa shape index (κ2) is 12.1. The van der Waals surface area contributed by atoms with Gasteiger partial charge in [0, 0.05) is 23.7 Å². The summed E-state index contributed by atoms with van der Waals surface area (Å²) in [4.78, 5) is 27.6. The van der Waals surface area contributed by atoms with Gasteiger partial charge in [-0.3, -0.25) is 14.5 Å². The molecule has 1 saturated heterocycles. The molecule has 2 fully saturated rings.